The Bertz CT molecular complexity index is 1520. The van der Waals surface area contributed by atoms with E-state index in [0.29, 0.717) is 12.8 Å². The maximum absolute atomic E-state index is 12.3. The number of hydrogen-bond acceptors (Lipinski definition) is 5. The van der Waals surface area contributed by atoms with Gasteiger partial charge in [0.1, 0.15) is 6.61 Å². The van der Waals surface area contributed by atoms with Crippen molar-refractivity contribution in [2.24, 2.45) is 0 Å². The Balaban J connectivity index is 3.68. The summed E-state index contributed by atoms with van der Waals surface area (Å²) in [6, 6.07) is 0. The molecule has 0 fully saturated rings. The lowest BCUT2D eigenvalue weighted by molar-refractivity contribution is -0.161. The predicted octanol–water partition coefficient (Wildman–Crippen LogP) is 18.4. The SMILES string of the molecule is CC/C=C\C/C=C\C/C=C\C/C=C\C/C=C\C/C=C\C/C=C\C/C=C\C/C=C\C/C=C\C/C=C\CCCCCCCC(=O)OC(CO)COC(=O)CCCCCCC/C=C\C/C=C\CCCCC. The highest BCUT2D eigenvalue weighted by atomic mass is 16.6. The second-order valence-electron chi connectivity index (χ2n) is 17.2. The van der Waals surface area contributed by atoms with Gasteiger partial charge in [-0.2, -0.15) is 0 Å². The van der Waals surface area contributed by atoms with Gasteiger partial charge in [-0.05, 0) is 128 Å². The first kappa shape index (κ1) is 63.5. The van der Waals surface area contributed by atoms with E-state index in [0.717, 1.165) is 148 Å². The van der Waals surface area contributed by atoms with Crippen molar-refractivity contribution in [3.05, 3.63) is 158 Å². The third-order valence-electron chi connectivity index (χ3n) is 10.8. The summed E-state index contributed by atoms with van der Waals surface area (Å²) in [7, 11) is 0. The van der Waals surface area contributed by atoms with Gasteiger partial charge in [-0.1, -0.05) is 223 Å². The standard InChI is InChI=1S/C63H98O5/c1-3-5-7-9-11-13-15-17-19-20-21-22-23-24-25-26-27-28-29-30-31-32-33-34-35-36-37-38-39-40-41-42-44-46-48-50-52-54-56-58-63(66)68-61(59-64)60-67-62(65)57-55-53-51-49-47-45-43-18-16-14-12-10-8-6-4-2/h5,7,11-14,17-19,21-22,24-25,27-28,30-31,33-34,36-37,39-40,42-44,61,64H,3-4,6,8-10,15-16,20,23,26,29,32,35,38,41,45-60H2,1-2H3/b7-5-,13-11-,14-12-,19-17-,22-21-,25-24-,28-27-,31-30-,34-33-,37-36-,40-39-,43-18-,44-42-. The quantitative estimate of drug-likeness (QED) is 0.0374. The maximum atomic E-state index is 12.3. The molecule has 0 saturated carbocycles. The van der Waals surface area contributed by atoms with E-state index in [1.807, 2.05) is 0 Å². The Morgan fingerprint density at radius 3 is 0.956 bits per heavy atom. The predicted molar refractivity (Wildman–Crippen MR) is 297 cm³/mol. The molecule has 0 saturated heterocycles. The lowest BCUT2D eigenvalue weighted by Crippen LogP contribution is -2.28. The normalized spacial score (nSPS) is 13.5. The summed E-state index contributed by atoms with van der Waals surface area (Å²) in [5.74, 6) is -0.642. The Kier molecular flexibility index (Phi) is 53.1. The second kappa shape index (κ2) is 56.8. The number of carbonyl (C=O) groups is 2. The highest BCUT2D eigenvalue weighted by Gasteiger charge is 2.16. The van der Waals surface area contributed by atoms with Crippen molar-refractivity contribution in [1.82, 2.24) is 0 Å². The Hall–Kier alpha value is -4.48. The molecule has 0 bridgehead atoms. The summed E-state index contributed by atoms with van der Waals surface area (Å²) in [5, 5.41) is 9.62. The lowest BCUT2D eigenvalue weighted by Gasteiger charge is -2.15. The van der Waals surface area contributed by atoms with Gasteiger partial charge < -0.3 is 14.6 Å². The number of carbonyl (C=O) groups excluding carboxylic acids is 2. The van der Waals surface area contributed by atoms with Crippen LogP contribution in [0.4, 0.5) is 0 Å². The van der Waals surface area contributed by atoms with E-state index in [4.69, 9.17) is 9.47 Å². The Morgan fingerprint density at radius 2 is 0.632 bits per heavy atom. The van der Waals surface area contributed by atoms with E-state index in [2.05, 4.69) is 172 Å². The van der Waals surface area contributed by atoms with Crippen LogP contribution in [0.5, 0.6) is 0 Å². The molecule has 0 amide bonds. The van der Waals surface area contributed by atoms with E-state index in [-0.39, 0.29) is 25.2 Å². The molecule has 0 aromatic carbocycles. The summed E-state index contributed by atoms with van der Waals surface area (Å²) < 4.78 is 10.6. The van der Waals surface area contributed by atoms with E-state index in [9.17, 15) is 14.7 Å². The number of aliphatic hydroxyl groups excluding tert-OH is 1. The van der Waals surface area contributed by atoms with E-state index < -0.39 is 6.10 Å². The third kappa shape index (κ3) is 54.1. The molecule has 0 aromatic rings. The molecule has 1 N–H and O–H groups in total. The van der Waals surface area contributed by atoms with Crippen LogP contribution in [0.25, 0.3) is 0 Å². The molecule has 0 heterocycles. The van der Waals surface area contributed by atoms with Gasteiger partial charge in [-0.15, -0.1) is 0 Å². The summed E-state index contributed by atoms with van der Waals surface area (Å²) >= 11 is 0. The zero-order chi connectivity index (χ0) is 49.2. The minimum atomic E-state index is -0.800. The van der Waals surface area contributed by atoms with Crippen molar-refractivity contribution in [2.75, 3.05) is 13.2 Å². The minimum Gasteiger partial charge on any atom is -0.462 e. The summed E-state index contributed by atoms with van der Waals surface area (Å²) in [6.07, 6.45) is 87.7. The first-order valence-electron chi connectivity index (χ1n) is 27.0. The molecule has 0 radical (unpaired) electrons. The highest BCUT2D eigenvalue weighted by molar-refractivity contribution is 5.70. The summed E-state index contributed by atoms with van der Waals surface area (Å²) in [5.41, 5.74) is 0. The largest absolute Gasteiger partial charge is 0.462 e. The lowest BCUT2D eigenvalue weighted by atomic mass is 10.1. The fourth-order valence-corrected chi connectivity index (χ4v) is 6.76. The molecule has 0 spiro atoms. The van der Waals surface area contributed by atoms with Crippen LogP contribution in [0.15, 0.2) is 158 Å². The topological polar surface area (TPSA) is 72.8 Å². The Morgan fingerprint density at radius 1 is 0.353 bits per heavy atom. The van der Waals surface area contributed by atoms with Gasteiger partial charge in [0.25, 0.3) is 0 Å². The number of ether oxygens (including phenoxy) is 2. The van der Waals surface area contributed by atoms with E-state index >= 15 is 0 Å². The molecule has 5 heteroatoms. The van der Waals surface area contributed by atoms with Gasteiger partial charge in [0, 0.05) is 12.8 Å². The van der Waals surface area contributed by atoms with Crippen molar-refractivity contribution in [3.63, 3.8) is 0 Å². The zero-order valence-corrected chi connectivity index (χ0v) is 43.3. The van der Waals surface area contributed by atoms with Gasteiger partial charge in [0.2, 0.25) is 0 Å². The minimum absolute atomic E-state index is 0.0910. The monoisotopic (exact) mass is 935 g/mol. The molecule has 1 unspecified atom stereocenters. The van der Waals surface area contributed by atoms with Crippen LogP contribution in [-0.4, -0.2) is 36.4 Å². The van der Waals surface area contributed by atoms with Gasteiger partial charge >= 0.3 is 11.9 Å². The van der Waals surface area contributed by atoms with Crippen LogP contribution in [0.2, 0.25) is 0 Å². The average Bonchev–Trinajstić information content (AvgIpc) is 3.34. The third-order valence-corrected chi connectivity index (χ3v) is 10.8. The fraction of sp³-hybridized carbons (Fsp3) is 0.556. The fourth-order valence-electron chi connectivity index (χ4n) is 6.76. The van der Waals surface area contributed by atoms with Crippen LogP contribution < -0.4 is 0 Å². The first-order valence-corrected chi connectivity index (χ1v) is 27.0. The maximum Gasteiger partial charge on any atom is 0.306 e. The van der Waals surface area contributed by atoms with Crippen LogP contribution >= 0.6 is 0 Å². The van der Waals surface area contributed by atoms with Crippen LogP contribution in [0, 0.1) is 0 Å². The number of aliphatic hydroxyl groups is 1. The van der Waals surface area contributed by atoms with Crippen molar-refractivity contribution in [2.45, 2.75) is 213 Å². The van der Waals surface area contributed by atoms with Crippen LogP contribution in [0.1, 0.15) is 206 Å². The van der Waals surface area contributed by atoms with Crippen LogP contribution in [-0.2, 0) is 19.1 Å². The van der Waals surface area contributed by atoms with Gasteiger partial charge in [-0.25, -0.2) is 0 Å². The summed E-state index contributed by atoms with van der Waals surface area (Å²) in [4.78, 5) is 24.4. The molecule has 0 rings (SSSR count). The molecule has 0 aliphatic heterocycles. The summed E-state index contributed by atoms with van der Waals surface area (Å²) in [6.45, 7) is 3.95. The van der Waals surface area contributed by atoms with Crippen LogP contribution in [0.3, 0.4) is 0 Å². The van der Waals surface area contributed by atoms with Gasteiger partial charge in [-0.3, -0.25) is 9.59 Å². The molecular formula is C63H98O5. The van der Waals surface area contributed by atoms with Gasteiger partial charge in [0.05, 0.1) is 6.61 Å². The van der Waals surface area contributed by atoms with E-state index in [1.54, 1.807) is 0 Å². The number of allylic oxidation sites excluding steroid dienone is 26. The van der Waals surface area contributed by atoms with E-state index in [1.165, 1.54) is 32.1 Å². The average molecular weight is 935 g/mol. The van der Waals surface area contributed by atoms with Crippen molar-refractivity contribution in [3.8, 4) is 0 Å². The number of unbranched alkanes of at least 4 members (excludes halogenated alkanes) is 13. The molecule has 68 heavy (non-hydrogen) atoms. The van der Waals surface area contributed by atoms with Crippen molar-refractivity contribution >= 4 is 11.9 Å². The molecule has 1 atom stereocenters. The molecule has 0 aromatic heterocycles. The smallest absolute Gasteiger partial charge is 0.306 e. The molecule has 380 valence electrons. The second-order valence-corrected chi connectivity index (χ2v) is 17.2. The highest BCUT2D eigenvalue weighted by Crippen LogP contribution is 2.12. The number of hydrogen-bond donors (Lipinski definition) is 1. The van der Waals surface area contributed by atoms with Crippen molar-refractivity contribution < 1.29 is 24.2 Å². The Labute approximate surface area is 418 Å². The number of rotatable bonds is 47. The molecule has 5 nitrogen and oxygen atoms in total. The first-order chi connectivity index (χ1) is 33.6. The molecule has 0 aliphatic rings. The molecule has 0 aliphatic carbocycles. The zero-order valence-electron chi connectivity index (χ0n) is 43.3. The number of esters is 2. The van der Waals surface area contributed by atoms with Gasteiger partial charge in [0.15, 0.2) is 6.10 Å². The molecular weight excluding hydrogens is 837 g/mol. The van der Waals surface area contributed by atoms with Crippen molar-refractivity contribution in [1.29, 1.82) is 0 Å².